The Bertz CT molecular complexity index is 1190. The number of pyridine rings is 1. The molecule has 3 heterocycles. The van der Waals surface area contributed by atoms with E-state index in [1.807, 2.05) is 35.0 Å². The summed E-state index contributed by atoms with van der Waals surface area (Å²) in [6.07, 6.45) is 3.80. The number of hydrogen-bond acceptors (Lipinski definition) is 5. The van der Waals surface area contributed by atoms with Gasteiger partial charge >= 0.3 is 0 Å². The molecule has 4 rings (SSSR count). The van der Waals surface area contributed by atoms with E-state index in [9.17, 15) is 9.59 Å². The van der Waals surface area contributed by atoms with Crippen LogP contribution in [-0.4, -0.2) is 21.2 Å². The van der Waals surface area contributed by atoms with Crippen molar-refractivity contribution >= 4 is 17.5 Å². The monoisotopic (exact) mass is 404 g/mol. The molecule has 0 spiro atoms. The van der Waals surface area contributed by atoms with Gasteiger partial charge in [-0.2, -0.15) is 0 Å². The van der Waals surface area contributed by atoms with E-state index in [-0.39, 0.29) is 6.61 Å². The van der Waals surface area contributed by atoms with Gasteiger partial charge in [-0.05, 0) is 50.2 Å². The molecule has 30 heavy (non-hydrogen) atoms. The zero-order valence-corrected chi connectivity index (χ0v) is 16.5. The molecular formula is C22H20N4O4. The molecule has 0 aliphatic heterocycles. The van der Waals surface area contributed by atoms with Gasteiger partial charge < -0.3 is 13.6 Å². The van der Waals surface area contributed by atoms with Crippen molar-refractivity contribution < 1.29 is 18.7 Å². The van der Waals surface area contributed by atoms with E-state index >= 15 is 0 Å². The zero-order chi connectivity index (χ0) is 21.1. The number of ether oxygens (including phenoxy) is 1. The van der Waals surface area contributed by atoms with Crippen molar-refractivity contribution in [3.63, 3.8) is 0 Å². The average molecular weight is 404 g/mol. The summed E-state index contributed by atoms with van der Waals surface area (Å²) in [6, 6.07) is 14.1. The number of imidazole rings is 1. The van der Waals surface area contributed by atoms with Gasteiger partial charge in [0.15, 0.2) is 0 Å². The molecule has 0 atom stereocenters. The van der Waals surface area contributed by atoms with Crippen LogP contribution in [-0.2, 0) is 6.61 Å². The number of benzene rings is 1. The van der Waals surface area contributed by atoms with E-state index in [4.69, 9.17) is 9.15 Å². The van der Waals surface area contributed by atoms with Crippen molar-refractivity contribution in [2.75, 3.05) is 0 Å². The topological polar surface area (TPSA) is 97.9 Å². The highest BCUT2D eigenvalue weighted by Gasteiger charge is 2.15. The van der Waals surface area contributed by atoms with Crippen molar-refractivity contribution in [3.8, 4) is 5.75 Å². The van der Waals surface area contributed by atoms with Crippen molar-refractivity contribution in [3.05, 3.63) is 89.3 Å². The van der Waals surface area contributed by atoms with Gasteiger partial charge in [0, 0.05) is 18.0 Å². The summed E-state index contributed by atoms with van der Waals surface area (Å²) in [5.74, 6) is 0.727. The minimum Gasteiger partial charge on any atom is -0.487 e. The second kappa shape index (κ2) is 8.12. The first-order chi connectivity index (χ1) is 14.5. The Morgan fingerprint density at radius 1 is 1.07 bits per heavy atom. The van der Waals surface area contributed by atoms with Gasteiger partial charge in [0.05, 0.1) is 11.3 Å². The molecule has 8 nitrogen and oxygen atoms in total. The number of furan rings is 1. The second-order valence-corrected chi connectivity index (χ2v) is 6.75. The highest BCUT2D eigenvalue weighted by atomic mass is 16.5. The summed E-state index contributed by atoms with van der Waals surface area (Å²) >= 11 is 0. The van der Waals surface area contributed by atoms with E-state index in [1.165, 1.54) is 0 Å². The first-order valence-electron chi connectivity index (χ1n) is 9.33. The summed E-state index contributed by atoms with van der Waals surface area (Å²) in [6.45, 7) is 3.70. The number of rotatable bonds is 5. The van der Waals surface area contributed by atoms with Crippen LogP contribution in [0.25, 0.3) is 5.65 Å². The van der Waals surface area contributed by atoms with Crippen LogP contribution in [0.4, 0.5) is 0 Å². The van der Waals surface area contributed by atoms with E-state index in [2.05, 4.69) is 15.8 Å². The molecule has 2 amide bonds. The van der Waals surface area contributed by atoms with Gasteiger partial charge in [-0.25, -0.2) is 4.98 Å². The Morgan fingerprint density at radius 2 is 1.90 bits per heavy atom. The molecule has 152 valence electrons. The fourth-order valence-electron chi connectivity index (χ4n) is 3.05. The standard InChI is InChI=1S/C22H20N4O4/c1-14-10-19(15(2)30-14)22(28)25-24-21(27)16-6-5-7-18(11-16)29-13-17-12-26-9-4-3-8-20(26)23-17/h3-12H,13H2,1-2H3,(H,24,27)(H,25,28). The minimum absolute atomic E-state index is 0.266. The van der Waals surface area contributed by atoms with Crippen molar-refractivity contribution in [2.24, 2.45) is 0 Å². The fourth-order valence-corrected chi connectivity index (χ4v) is 3.05. The molecule has 0 saturated carbocycles. The van der Waals surface area contributed by atoms with Crippen molar-refractivity contribution in [2.45, 2.75) is 20.5 Å². The fraction of sp³-hybridized carbons (Fsp3) is 0.136. The largest absolute Gasteiger partial charge is 0.487 e. The van der Waals surface area contributed by atoms with Gasteiger partial charge in [-0.15, -0.1) is 0 Å². The summed E-state index contributed by atoms with van der Waals surface area (Å²) in [7, 11) is 0. The van der Waals surface area contributed by atoms with E-state index < -0.39 is 11.8 Å². The molecule has 1 aromatic carbocycles. The van der Waals surface area contributed by atoms with Gasteiger partial charge in [0.1, 0.15) is 29.5 Å². The number of hydrazine groups is 1. The van der Waals surface area contributed by atoms with Gasteiger partial charge in [-0.1, -0.05) is 12.1 Å². The molecule has 4 aromatic rings. The Morgan fingerprint density at radius 3 is 2.67 bits per heavy atom. The summed E-state index contributed by atoms with van der Waals surface area (Å²) in [5.41, 5.74) is 7.12. The van der Waals surface area contributed by atoms with Gasteiger partial charge in [-0.3, -0.25) is 20.4 Å². The second-order valence-electron chi connectivity index (χ2n) is 6.75. The first-order valence-corrected chi connectivity index (χ1v) is 9.33. The molecule has 0 unspecified atom stereocenters. The lowest BCUT2D eigenvalue weighted by molar-refractivity contribution is 0.0845. The van der Waals surface area contributed by atoms with Crippen molar-refractivity contribution in [1.82, 2.24) is 20.2 Å². The van der Waals surface area contributed by atoms with E-state index in [0.717, 1.165) is 11.3 Å². The third-order valence-corrected chi connectivity index (χ3v) is 4.47. The number of carbonyl (C=O) groups is 2. The van der Waals surface area contributed by atoms with Crippen LogP contribution >= 0.6 is 0 Å². The minimum atomic E-state index is -0.459. The van der Waals surface area contributed by atoms with E-state index in [1.54, 1.807) is 44.2 Å². The summed E-state index contributed by atoms with van der Waals surface area (Å²) in [5, 5.41) is 0. The number of aromatic nitrogens is 2. The molecule has 0 bridgehead atoms. The van der Waals surface area contributed by atoms with Crippen LogP contribution in [0.5, 0.6) is 5.75 Å². The Kier molecular flexibility index (Phi) is 5.21. The normalized spacial score (nSPS) is 10.7. The Balaban J connectivity index is 1.36. The number of carbonyl (C=O) groups excluding carboxylic acids is 2. The number of hydrogen-bond donors (Lipinski definition) is 2. The summed E-state index contributed by atoms with van der Waals surface area (Å²) < 4.78 is 13.0. The molecule has 0 radical (unpaired) electrons. The lowest BCUT2D eigenvalue weighted by atomic mass is 10.2. The van der Waals surface area contributed by atoms with Crippen molar-refractivity contribution in [1.29, 1.82) is 0 Å². The zero-order valence-electron chi connectivity index (χ0n) is 16.5. The lowest BCUT2D eigenvalue weighted by Crippen LogP contribution is -2.41. The number of aryl methyl sites for hydroxylation is 2. The molecule has 0 aliphatic rings. The summed E-state index contributed by atoms with van der Waals surface area (Å²) in [4.78, 5) is 29.1. The number of fused-ring (bicyclic) bond motifs is 1. The quantitative estimate of drug-likeness (QED) is 0.498. The van der Waals surface area contributed by atoms with Crippen LogP contribution in [0, 0.1) is 13.8 Å². The molecule has 0 aliphatic carbocycles. The Labute approximate surface area is 172 Å². The molecule has 2 N–H and O–H groups in total. The van der Waals surface area contributed by atoms with Crippen LogP contribution in [0.15, 0.2) is 65.3 Å². The predicted molar refractivity (Wildman–Crippen MR) is 109 cm³/mol. The molecule has 0 saturated heterocycles. The number of nitrogens with zero attached hydrogens (tertiary/aromatic N) is 2. The lowest BCUT2D eigenvalue weighted by Gasteiger charge is -2.09. The highest BCUT2D eigenvalue weighted by molar-refractivity contribution is 5.99. The van der Waals surface area contributed by atoms with Gasteiger partial charge in [0.25, 0.3) is 11.8 Å². The average Bonchev–Trinajstić information content (AvgIpc) is 3.32. The van der Waals surface area contributed by atoms with Crippen LogP contribution in [0.3, 0.4) is 0 Å². The van der Waals surface area contributed by atoms with Crippen LogP contribution in [0.2, 0.25) is 0 Å². The van der Waals surface area contributed by atoms with Crippen LogP contribution in [0.1, 0.15) is 37.9 Å². The number of amides is 2. The van der Waals surface area contributed by atoms with Crippen LogP contribution < -0.4 is 15.6 Å². The third-order valence-electron chi connectivity index (χ3n) is 4.47. The smallest absolute Gasteiger partial charge is 0.273 e. The number of nitrogens with one attached hydrogen (secondary N) is 2. The Hall–Kier alpha value is -4.07. The van der Waals surface area contributed by atoms with Gasteiger partial charge in [0.2, 0.25) is 0 Å². The third kappa shape index (κ3) is 4.17. The highest BCUT2D eigenvalue weighted by Crippen LogP contribution is 2.16. The predicted octanol–water partition coefficient (Wildman–Crippen LogP) is 3.20. The van der Waals surface area contributed by atoms with E-state index in [0.29, 0.717) is 28.4 Å². The SMILES string of the molecule is Cc1cc(C(=O)NNC(=O)c2cccc(OCc3cn4ccccc4n3)c2)c(C)o1. The maximum absolute atomic E-state index is 12.4. The molecule has 8 heteroatoms. The molecule has 3 aromatic heterocycles. The molecule has 0 fully saturated rings. The molecular weight excluding hydrogens is 384 g/mol. The maximum atomic E-state index is 12.4. The maximum Gasteiger partial charge on any atom is 0.273 e. The first kappa shape index (κ1) is 19.3.